The van der Waals surface area contributed by atoms with Crippen LogP contribution >= 0.6 is 0 Å². The minimum atomic E-state index is 0.244. The second-order valence-electron chi connectivity index (χ2n) is 7.00. The van der Waals surface area contributed by atoms with Gasteiger partial charge in [0, 0.05) is 5.54 Å². The van der Waals surface area contributed by atoms with E-state index >= 15 is 0 Å². The van der Waals surface area contributed by atoms with Crippen molar-refractivity contribution in [3.63, 3.8) is 0 Å². The zero-order valence-electron chi connectivity index (χ0n) is 14.4. The van der Waals surface area contributed by atoms with Gasteiger partial charge in [-0.15, -0.1) is 0 Å². The van der Waals surface area contributed by atoms with Gasteiger partial charge < -0.3 is 10.2 Å². The average molecular weight is 288 g/mol. The predicted octanol–water partition coefficient (Wildman–Crippen LogP) is 4.02. The quantitative estimate of drug-likeness (QED) is 0.880. The minimum Gasteiger partial charge on any atom is -0.311 e. The van der Waals surface area contributed by atoms with Crippen molar-refractivity contribution < 1.29 is 0 Å². The van der Waals surface area contributed by atoms with Gasteiger partial charge in [-0.05, 0) is 70.3 Å². The molecule has 1 N–H and O–H groups in total. The second kappa shape index (κ2) is 6.93. The summed E-state index contributed by atoms with van der Waals surface area (Å²) in [5, 5.41) is 3.63. The Kier molecular flexibility index (Phi) is 5.45. The summed E-state index contributed by atoms with van der Waals surface area (Å²) in [6.07, 6.45) is 6.34. The summed E-state index contributed by atoms with van der Waals surface area (Å²) >= 11 is 0. The molecule has 0 amide bonds. The van der Waals surface area contributed by atoms with Crippen molar-refractivity contribution in [1.29, 1.82) is 0 Å². The third-order valence-electron chi connectivity index (χ3n) is 5.55. The number of nitrogens with one attached hydrogen (secondary N) is 1. The van der Waals surface area contributed by atoms with Crippen molar-refractivity contribution in [2.45, 2.75) is 57.5 Å². The molecule has 0 spiro atoms. The van der Waals surface area contributed by atoms with Crippen LogP contribution in [0.5, 0.6) is 0 Å². The lowest BCUT2D eigenvalue weighted by Crippen LogP contribution is -2.55. The molecule has 0 aromatic heterocycles. The van der Waals surface area contributed by atoms with Gasteiger partial charge >= 0.3 is 0 Å². The maximum atomic E-state index is 3.63. The Morgan fingerprint density at radius 2 is 1.95 bits per heavy atom. The van der Waals surface area contributed by atoms with E-state index in [1.807, 2.05) is 0 Å². The van der Waals surface area contributed by atoms with Crippen LogP contribution in [-0.2, 0) is 6.42 Å². The summed E-state index contributed by atoms with van der Waals surface area (Å²) < 4.78 is 0. The Labute approximate surface area is 130 Å². The molecule has 1 aliphatic rings. The van der Waals surface area contributed by atoms with Gasteiger partial charge in [-0.3, -0.25) is 0 Å². The van der Waals surface area contributed by atoms with Crippen LogP contribution in [0.2, 0.25) is 0 Å². The zero-order chi connectivity index (χ0) is 15.5. The summed E-state index contributed by atoms with van der Waals surface area (Å²) in [6.45, 7) is 4.63. The number of hydrogen-bond acceptors (Lipinski definition) is 2. The Hall–Kier alpha value is -0.860. The Bertz CT molecular complexity index is 445. The smallest absolute Gasteiger partial charge is 0.0504 e. The van der Waals surface area contributed by atoms with Crippen LogP contribution in [0.4, 0.5) is 0 Å². The highest BCUT2D eigenvalue weighted by Crippen LogP contribution is 2.43. The third-order valence-corrected chi connectivity index (χ3v) is 5.55. The van der Waals surface area contributed by atoms with Crippen LogP contribution in [0, 0.1) is 5.92 Å². The number of likely N-dealkylation sites (N-methyl/N-ethyl adjacent to an activating group) is 2. The van der Waals surface area contributed by atoms with Gasteiger partial charge in [-0.2, -0.15) is 0 Å². The van der Waals surface area contributed by atoms with Crippen LogP contribution in [-0.4, -0.2) is 31.6 Å². The van der Waals surface area contributed by atoms with Gasteiger partial charge in [0.15, 0.2) is 0 Å². The molecular weight excluding hydrogens is 256 g/mol. The van der Waals surface area contributed by atoms with Crippen molar-refractivity contribution >= 4 is 0 Å². The average Bonchev–Trinajstić information content (AvgIpc) is 2.50. The van der Waals surface area contributed by atoms with Crippen molar-refractivity contribution in [3.05, 3.63) is 35.4 Å². The molecule has 1 saturated carbocycles. The Morgan fingerprint density at radius 1 is 1.29 bits per heavy atom. The van der Waals surface area contributed by atoms with Crippen LogP contribution in [0.3, 0.4) is 0 Å². The summed E-state index contributed by atoms with van der Waals surface area (Å²) in [7, 11) is 6.63. The molecule has 2 rings (SSSR count). The SMILES string of the molecule is CCc1cccc(C(NC)C2(N(C)C)CCC(C)CC2)c1. The van der Waals surface area contributed by atoms with Gasteiger partial charge in [0.25, 0.3) is 0 Å². The van der Waals surface area contributed by atoms with Crippen LogP contribution in [0.15, 0.2) is 24.3 Å². The number of aryl methyl sites for hydroxylation is 1. The lowest BCUT2D eigenvalue weighted by Gasteiger charge is -2.50. The zero-order valence-corrected chi connectivity index (χ0v) is 14.4. The van der Waals surface area contributed by atoms with E-state index in [4.69, 9.17) is 0 Å². The Morgan fingerprint density at radius 3 is 2.48 bits per heavy atom. The number of benzene rings is 1. The summed E-state index contributed by atoms with van der Waals surface area (Å²) in [5.41, 5.74) is 3.12. The fourth-order valence-corrected chi connectivity index (χ4v) is 3.99. The van der Waals surface area contributed by atoms with Crippen molar-refractivity contribution in [3.8, 4) is 0 Å². The molecule has 1 unspecified atom stereocenters. The molecule has 0 heterocycles. The lowest BCUT2D eigenvalue weighted by molar-refractivity contribution is 0.0455. The van der Waals surface area contributed by atoms with Crippen LogP contribution < -0.4 is 5.32 Å². The molecule has 0 aliphatic heterocycles. The molecule has 1 atom stereocenters. The summed E-state index contributed by atoms with van der Waals surface area (Å²) in [4.78, 5) is 2.47. The molecule has 1 fully saturated rings. The topological polar surface area (TPSA) is 15.3 Å². The monoisotopic (exact) mass is 288 g/mol. The number of nitrogens with zero attached hydrogens (tertiary/aromatic N) is 1. The van der Waals surface area contributed by atoms with Crippen LogP contribution in [0.25, 0.3) is 0 Å². The van der Waals surface area contributed by atoms with E-state index in [1.165, 1.54) is 36.8 Å². The van der Waals surface area contributed by atoms with Gasteiger partial charge in [0.05, 0.1) is 6.04 Å². The van der Waals surface area contributed by atoms with E-state index in [0.717, 1.165) is 12.3 Å². The fraction of sp³-hybridized carbons (Fsp3) is 0.684. The molecule has 2 nitrogen and oxygen atoms in total. The minimum absolute atomic E-state index is 0.244. The van der Waals surface area contributed by atoms with E-state index in [1.54, 1.807) is 0 Å². The third kappa shape index (κ3) is 3.32. The first kappa shape index (κ1) is 16.5. The first-order valence-corrected chi connectivity index (χ1v) is 8.47. The standard InChI is InChI=1S/C19H32N2/c1-6-16-8-7-9-17(14-16)18(20-3)19(21(4)5)12-10-15(2)11-13-19/h7-9,14-15,18,20H,6,10-13H2,1-5H3. The second-order valence-corrected chi connectivity index (χ2v) is 7.00. The highest BCUT2D eigenvalue weighted by atomic mass is 15.2. The molecular formula is C19H32N2. The normalized spacial score (nSPS) is 27.8. The maximum absolute atomic E-state index is 3.63. The molecule has 2 heteroatoms. The van der Waals surface area contributed by atoms with Crippen molar-refractivity contribution in [2.24, 2.45) is 5.92 Å². The first-order valence-electron chi connectivity index (χ1n) is 8.47. The molecule has 118 valence electrons. The van der Waals surface area contributed by atoms with Crippen molar-refractivity contribution in [1.82, 2.24) is 10.2 Å². The van der Waals surface area contributed by atoms with Crippen LogP contribution in [0.1, 0.15) is 56.7 Å². The highest BCUT2D eigenvalue weighted by molar-refractivity contribution is 5.29. The molecule has 1 aromatic carbocycles. The van der Waals surface area contributed by atoms with E-state index in [0.29, 0.717) is 6.04 Å². The number of rotatable bonds is 5. The summed E-state index contributed by atoms with van der Waals surface area (Å²) in [6, 6.07) is 9.55. The van der Waals surface area contributed by atoms with E-state index in [9.17, 15) is 0 Å². The van der Waals surface area contributed by atoms with Gasteiger partial charge in [-0.25, -0.2) is 0 Å². The van der Waals surface area contributed by atoms with Gasteiger partial charge in [0.1, 0.15) is 0 Å². The first-order chi connectivity index (χ1) is 10.0. The van der Waals surface area contributed by atoms with E-state index in [-0.39, 0.29) is 5.54 Å². The highest BCUT2D eigenvalue weighted by Gasteiger charge is 2.43. The van der Waals surface area contributed by atoms with E-state index < -0.39 is 0 Å². The maximum Gasteiger partial charge on any atom is 0.0504 e. The molecule has 1 aliphatic carbocycles. The molecule has 0 radical (unpaired) electrons. The molecule has 0 bridgehead atoms. The lowest BCUT2D eigenvalue weighted by atomic mass is 9.70. The largest absolute Gasteiger partial charge is 0.311 e. The Balaban J connectivity index is 2.35. The van der Waals surface area contributed by atoms with E-state index in [2.05, 4.69) is 69.5 Å². The van der Waals surface area contributed by atoms with Gasteiger partial charge in [-0.1, -0.05) is 38.1 Å². The molecule has 1 aromatic rings. The molecule has 0 saturated heterocycles. The predicted molar refractivity (Wildman–Crippen MR) is 91.7 cm³/mol. The van der Waals surface area contributed by atoms with Crippen molar-refractivity contribution in [2.75, 3.05) is 21.1 Å². The molecule has 21 heavy (non-hydrogen) atoms. The number of hydrogen-bond donors (Lipinski definition) is 1. The fourth-order valence-electron chi connectivity index (χ4n) is 3.99. The summed E-state index contributed by atoms with van der Waals surface area (Å²) in [5.74, 6) is 0.873. The van der Waals surface area contributed by atoms with Gasteiger partial charge in [0.2, 0.25) is 0 Å².